The molecule has 0 atom stereocenters. The summed E-state index contributed by atoms with van der Waals surface area (Å²) in [6, 6.07) is 1.65. The molecule has 0 aliphatic rings. The molecule has 0 aliphatic carbocycles. The molecule has 104 valence electrons. The second kappa shape index (κ2) is 7.24. The standard InChI is InChI=1S/C11H17BrClNO2S2/c1-3-4-6-14(7-5-12)18(15,16)10-8-9(2)11(13)17-10/h8H,3-7H2,1-2H3. The highest BCUT2D eigenvalue weighted by Crippen LogP contribution is 2.32. The molecule has 18 heavy (non-hydrogen) atoms. The maximum atomic E-state index is 12.5. The maximum absolute atomic E-state index is 12.5. The number of alkyl halides is 1. The summed E-state index contributed by atoms with van der Waals surface area (Å²) in [5.41, 5.74) is 0.814. The lowest BCUT2D eigenvalue weighted by atomic mass is 10.3. The van der Waals surface area contributed by atoms with Crippen LogP contribution in [0.1, 0.15) is 25.3 Å². The van der Waals surface area contributed by atoms with E-state index in [2.05, 4.69) is 15.9 Å². The molecule has 1 rings (SSSR count). The van der Waals surface area contributed by atoms with Gasteiger partial charge in [0.2, 0.25) is 0 Å². The molecule has 1 heterocycles. The summed E-state index contributed by atoms with van der Waals surface area (Å²) >= 11 is 10.4. The molecule has 0 spiro atoms. The van der Waals surface area contributed by atoms with Gasteiger partial charge in [-0.1, -0.05) is 40.9 Å². The van der Waals surface area contributed by atoms with Crippen LogP contribution in [0.2, 0.25) is 4.34 Å². The number of thiophene rings is 1. The first kappa shape index (κ1) is 16.4. The van der Waals surface area contributed by atoms with Crippen molar-refractivity contribution in [3.05, 3.63) is 16.0 Å². The molecule has 0 saturated carbocycles. The zero-order chi connectivity index (χ0) is 13.8. The van der Waals surface area contributed by atoms with Crippen molar-refractivity contribution in [3.63, 3.8) is 0 Å². The average Bonchev–Trinajstić information content (AvgIpc) is 2.65. The fourth-order valence-corrected chi connectivity index (χ4v) is 5.47. The molecule has 0 amide bonds. The Morgan fingerprint density at radius 2 is 2.11 bits per heavy atom. The lowest BCUT2D eigenvalue weighted by Crippen LogP contribution is -2.33. The predicted octanol–water partition coefficient (Wildman–Crippen LogP) is 3.90. The minimum atomic E-state index is -3.40. The van der Waals surface area contributed by atoms with Gasteiger partial charge < -0.3 is 0 Å². The molecule has 1 aromatic rings. The number of rotatable bonds is 7. The van der Waals surface area contributed by atoms with Crippen LogP contribution in [0, 0.1) is 6.92 Å². The van der Waals surface area contributed by atoms with Crippen molar-refractivity contribution >= 4 is 48.9 Å². The third-order valence-electron chi connectivity index (χ3n) is 2.52. The number of hydrogen-bond acceptors (Lipinski definition) is 3. The van der Waals surface area contributed by atoms with E-state index in [9.17, 15) is 8.42 Å². The number of aryl methyl sites for hydroxylation is 1. The number of halogens is 2. The van der Waals surface area contributed by atoms with E-state index >= 15 is 0 Å². The first-order chi connectivity index (χ1) is 8.43. The van der Waals surface area contributed by atoms with Gasteiger partial charge in [0.05, 0.1) is 4.34 Å². The highest BCUT2D eigenvalue weighted by molar-refractivity contribution is 9.09. The molecular weight excluding hydrogens is 358 g/mol. The van der Waals surface area contributed by atoms with Crippen molar-refractivity contribution in [1.29, 1.82) is 0 Å². The van der Waals surface area contributed by atoms with Crippen LogP contribution in [-0.4, -0.2) is 31.1 Å². The molecular formula is C11H17BrClNO2S2. The monoisotopic (exact) mass is 373 g/mol. The first-order valence-electron chi connectivity index (χ1n) is 5.75. The van der Waals surface area contributed by atoms with Crippen molar-refractivity contribution in [3.8, 4) is 0 Å². The summed E-state index contributed by atoms with van der Waals surface area (Å²) in [6.07, 6.45) is 1.84. The SMILES string of the molecule is CCCCN(CCBr)S(=O)(=O)c1cc(C)c(Cl)s1. The lowest BCUT2D eigenvalue weighted by molar-refractivity contribution is 0.423. The number of sulfonamides is 1. The minimum Gasteiger partial charge on any atom is -0.206 e. The molecule has 0 aromatic carbocycles. The Kier molecular flexibility index (Phi) is 6.61. The van der Waals surface area contributed by atoms with E-state index in [-0.39, 0.29) is 0 Å². The van der Waals surface area contributed by atoms with Crippen LogP contribution < -0.4 is 0 Å². The van der Waals surface area contributed by atoms with Gasteiger partial charge in [-0.05, 0) is 25.0 Å². The molecule has 0 N–H and O–H groups in total. The van der Waals surface area contributed by atoms with Crippen molar-refractivity contribution < 1.29 is 8.42 Å². The normalized spacial score (nSPS) is 12.3. The van der Waals surface area contributed by atoms with Crippen molar-refractivity contribution in [2.75, 3.05) is 18.4 Å². The van der Waals surface area contributed by atoms with Crippen molar-refractivity contribution in [2.24, 2.45) is 0 Å². The Morgan fingerprint density at radius 1 is 1.44 bits per heavy atom. The Balaban J connectivity index is 3.00. The minimum absolute atomic E-state index is 0.335. The van der Waals surface area contributed by atoms with Gasteiger partial charge in [-0.25, -0.2) is 8.42 Å². The van der Waals surface area contributed by atoms with Crippen LogP contribution >= 0.6 is 38.9 Å². The second-order valence-corrected chi connectivity index (χ2v) is 8.58. The van der Waals surface area contributed by atoms with E-state index < -0.39 is 10.0 Å². The van der Waals surface area contributed by atoms with E-state index in [0.717, 1.165) is 29.7 Å². The predicted molar refractivity (Wildman–Crippen MR) is 81.5 cm³/mol. The molecule has 1 aromatic heterocycles. The first-order valence-corrected chi connectivity index (χ1v) is 9.51. The molecule has 0 fully saturated rings. The topological polar surface area (TPSA) is 37.4 Å². The molecule has 0 saturated heterocycles. The quantitative estimate of drug-likeness (QED) is 0.679. The van der Waals surface area contributed by atoms with Gasteiger partial charge in [-0.2, -0.15) is 4.31 Å². The fraction of sp³-hybridized carbons (Fsp3) is 0.636. The van der Waals surface area contributed by atoms with Crippen LogP contribution in [-0.2, 0) is 10.0 Å². The van der Waals surface area contributed by atoms with Crippen molar-refractivity contribution in [2.45, 2.75) is 30.9 Å². The summed E-state index contributed by atoms with van der Waals surface area (Å²) in [4.78, 5) is 0. The molecule has 3 nitrogen and oxygen atoms in total. The zero-order valence-electron chi connectivity index (χ0n) is 10.4. The smallest absolute Gasteiger partial charge is 0.206 e. The van der Waals surface area contributed by atoms with E-state index in [0.29, 0.717) is 27.0 Å². The van der Waals surface area contributed by atoms with Crippen molar-refractivity contribution in [1.82, 2.24) is 4.31 Å². The average molecular weight is 375 g/mol. The van der Waals surface area contributed by atoms with Gasteiger partial charge in [0.1, 0.15) is 4.21 Å². The molecule has 0 bridgehead atoms. The Morgan fingerprint density at radius 3 is 2.56 bits per heavy atom. The number of unbranched alkanes of at least 4 members (excludes halogenated alkanes) is 1. The van der Waals surface area contributed by atoms with Crippen LogP contribution in [0.25, 0.3) is 0 Å². The third-order valence-corrected chi connectivity index (χ3v) is 6.78. The van der Waals surface area contributed by atoms with Gasteiger partial charge in [-0.15, -0.1) is 11.3 Å². The highest BCUT2D eigenvalue weighted by Gasteiger charge is 2.25. The largest absolute Gasteiger partial charge is 0.252 e. The summed E-state index contributed by atoms with van der Waals surface area (Å²) in [7, 11) is -3.40. The number of hydrogen-bond donors (Lipinski definition) is 0. The molecule has 0 unspecified atom stereocenters. The molecule has 7 heteroatoms. The summed E-state index contributed by atoms with van der Waals surface area (Å²) in [6.45, 7) is 4.90. The Labute approximate surface area is 126 Å². The summed E-state index contributed by atoms with van der Waals surface area (Å²) < 4.78 is 27.3. The van der Waals surface area contributed by atoms with Gasteiger partial charge in [0.15, 0.2) is 0 Å². The highest BCUT2D eigenvalue weighted by atomic mass is 79.9. The Hall–Kier alpha value is 0.380. The van der Waals surface area contributed by atoms with Crippen LogP contribution in [0.4, 0.5) is 0 Å². The van der Waals surface area contributed by atoms with E-state index in [4.69, 9.17) is 11.6 Å². The van der Waals surface area contributed by atoms with Crippen LogP contribution in [0.15, 0.2) is 10.3 Å². The fourth-order valence-electron chi connectivity index (χ4n) is 1.47. The van der Waals surface area contributed by atoms with E-state index in [1.54, 1.807) is 6.07 Å². The number of nitrogens with zero attached hydrogens (tertiary/aromatic N) is 1. The second-order valence-electron chi connectivity index (χ2n) is 3.97. The third kappa shape index (κ3) is 3.93. The van der Waals surface area contributed by atoms with Gasteiger partial charge >= 0.3 is 0 Å². The summed E-state index contributed by atoms with van der Waals surface area (Å²) in [5, 5.41) is 0.633. The van der Waals surface area contributed by atoms with Gasteiger partial charge in [-0.3, -0.25) is 0 Å². The van der Waals surface area contributed by atoms with Crippen LogP contribution in [0.5, 0.6) is 0 Å². The van der Waals surface area contributed by atoms with Gasteiger partial charge in [0, 0.05) is 18.4 Å². The lowest BCUT2D eigenvalue weighted by Gasteiger charge is -2.19. The maximum Gasteiger partial charge on any atom is 0.252 e. The molecule has 0 radical (unpaired) electrons. The molecule has 0 aliphatic heterocycles. The van der Waals surface area contributed by atoms with Crippen LogP contribution in [0.3, 0.4) is 0 Å². The Bertz CT molecular complexity index is 468. The summed E-state index contributed by atoms with van der Waals surface area (Å²) in [5.74, 6) is 0. The zero-order valence-corrected chi connectivity index (χ0v) is 14.4. The van der Waals surface area contributed by atoms with Gasteiger partial charge in [0.25, 0.3) is 10.0 Å². The van der Waals surface area contributed by atoms with E-state index in [1.807, 2.05) is 13.8 Å². The van der Waals surface area contributed by atoms with E-state index in [1.165, 1.54) is 4.31 Å².